The van der Waals surface area contributed by atoms with Crippen LogP contribution in [-0.4, -0.2) is 19.4 Å². The van der Waals surface area contributed by atoms with Gasteiger partial charge in [0, 0.05) is 10.9 Å². The van der Waals surface area contributed by atoms with E-state index in [0.29, 0.717) is 11.3 Å². The van der Waals surface area contributed by atoms with Gasteiger partial charge in [0.15, 0.2) is 6.01 Å². The van der Waals surface area contributed by atoms with Crippen LogP contribution in [0.3, 0.4) is 0 Å². The molecule has 0 radical (unpaired) electrons. The van der Waals surface area contributed by atoms with Crippen LogP contribution in [0.2, 0.25) is 0 Å². The van der Waals surface area contributed by atoms with Crippen LogP contribution >= 0.6 is 11.3 Å². The van der Waals surface area contributed by atoms with Crippen LogP contribution in [-0.2, 0) is 9.84 Å². The minimum absolute atomic E-state index is 0.265. The molecule has 0 aliphatic rings. The molecule has 0 atom stereocenters. The number of alkyl halides is 1. The van der Waals surface area contributed by atoms with Gasteiger partial charge in [-0.2, -0.15) is 0 Å². The maximum absolute atomic E-state index is 12.7. The number of sulfone groups is 1. The lowest BCUT2D eigenvalue weighted by Gasteiger charge is -1.95. The molecule has 2 rings (SSSR count). The molecular weight excluding hydrogens is 268 g/mol. The van der Waals surface area contributed by atoms with Crippen molar-refractivity contribution in [2.75, 3.05) is 6.01 Å². The van der Waals surface area contributed by atoms with E-state index in [4.69, 9.17) is 0 Å². The maximum atomic E-state index is 12.7. The van der Waals surface area contributed by atoms with Gasteiger partial charge in [-0.25, -0.2) is 22.2 Å². The Hall–Kier alpha value is -1.34. The lowest BCUT2D eigenvalue weighted by atomic mass is 10.2. The van der Waals surface area contributed by atoms with E-state index in [1.54, 1.807) is 0 Å². The lowest BCUT2D eigenvalue weighted by molar-refractivity contribution is 0.534. The van der Waals surface area contributed by atoms with Crippen molar-refractivity contribution in [3.8, 4) is 11.3 Å². The Bertz CT molecular complexity index is 620. The van der Waals surface area contributed by atoms with Crippen molar-refractivity contribution in [3.63, 3.8) is 0 Å². The average Bonchev–Trinajstić information content (AvgIpc) is 2.80. The fourth-order valence-corrected chi connectivity index (χ4v) is 2.95. The maximum Gasteiger partial charge on any atom is 0.234 e. The fraction of sp³-hybridized carbons (Fsp3) is 0.100. The molecule has 0 spiro atoms. The van der Waals surface area contributed by atoms with Crippen LogP contribution in [0, 0.1) is 5.82 Å². The standard InChI is InChI=1S/C10H7F2NO2S2/c11-6-17(14,15)10-13-9(5-16-10)7-1-3-8(12)4-2-7/h1-5H,6H2. The molecule has 90 valence electrons. The van der Waals surface area contributed by atoms with Gasteiger partial charge >= 0.3 is 0 Å². The van der Waals surface area contributed by atoms with E-state index in [1.807, 2.05) is 0 Å². The second-order valence-corrected chi connectivity index (χ2v) is 6.18. The summed E-state index contributed by atoms with van der Waals surface area (Å²) >= 11 is 0.847. The summed E-state index contributed by atoms with van der Waals surface area (Å²) in [5.41, 5.74) is 0.977. The largest absolute Gasteiger partial charge is 0.234 e. The number of hydrogen-bond donors (Lipinski definition) is 0. The van der Waals surface area contributed by atoms with Crippen LogP contribution < -0.4 is 0 Å². The molecule has 0 fully saturated rings. The molecule has 1 heterocycles. The summed E-state index contributed by atoms with van der Waals surface area (Å²) in [6.45, 7) is 0. The van der Waals surface area contributed by atoms with E-state index < -0.39 is 15.8 Å². The topological polar surface area (TPSA) is 47.0 Å². The van der Waals surface area contributed by atoms with Gasteiger partial charge < -0.3 is 0 Å². The first-order valence-corrected chi connectivity index (χ1v) is 7.06. The Morgan fingerprint density at radius 2 is 1.88 bits per heavy atom. The fourth-order valence-electron chi connectivity index (χ4n) is 1.20. The predicted octanol–water partition coefficient (Wildman–Crippen LogP) is 2.65. The van der Waals surface area contributed by atoms with Crippen molar-refractivity contribution >= 4 is 21.2 Å². The molecular formula is C10H7F2NO2S2. The van der Waals surface area contributed by atoms with E-state index in [1.165, 1.54) is 29.6 Å². The first-order chi connectivity index (χ1) is 8.03. The van der Waals surface area contributed by atoms with Gasteiger partial charge in [-0.15, -0.1) is 11.3 Å². The summed E-state index contributed by atoms with van der Waals surface area (Å²) in [7, 11) is -3.93. The summed E-state index contributed by atoms with van der Waals surface area (Å²) in [5, 5.41) is 1.50. The first kappa shape index (κ1) is 12.1. The molecule has 3 nitrogen and oxygen atoms in total. The van der Waals surface area contributed by atoms with E-state index in [9.17, 15) is 17.2 Å². The molecule has 0 saturated carbocycles. The highest BCUT2D eigenvalue weighted by atomic mass is 32.2. The molecule has 0 saturated heterocycles. The Morgan fingerprint density at radius 1 is 1.24 bits per heavy atom. The third-order valence-electron chi connectivity index (χ3n) is 2.03. The second-order valence-electron chi connectivity index (χ2n) is 3.23. The zero-order valence-corrected chi connectivity index (χ0v) is 10.1. The minimum Gasteiger partial charge on any atom is -0.233 e. The Kier molecular flexibility index (Phi) is 3.21. The Labute approximate surface area is 101 Å². The molecule has 0 N–H and O–H groups in total. The molecule has 2 aromatic rings. The van der Waals surface area contributed by atoms with Crippen molar-refractivity contribution < 1.29 is 17.2 Å². The summed E-state index contributed by atoms with van der Waals surface area (Å²) in [6, 6.07) is 3.99. The zero-order chi connectivity index (χ0) is 12.5. The van der Waals surface area contributed by atoms with Gasteiger partial charge in [0.05, 0.1) is 5.69 Å². The SMILES string of the molecule is O=S(=O)(CF)c1nc(-c2ccc(F)cc2)cs1. The molecule has 7 heteroatoms. The van der Waals surface area contributed by atoms with Gasteiger partial charge in [0.25, 0.3) is 0 Å². The summed E-state index contributed by atoms with van der Waals surface area (Å²) in [6.07, 6.45) is 0. The average molecular weight is 275 g/mol. The van der Waals surface area contributed by atoms with Crippen molar-refractivity contribution in [2.45, 2.75) is 4.34 Å². The van der Waals surface area contributed by atoms with Crippen LogP contribution in [0.5, 0.6) is 0 Å². The van der Waals surface area contributed by atoms with Gasteiger partial charge in [0.2, 0.25) is 14.2 Å². The van der Waals surface area contributed by atoms with Gasteiger partial charge in [-0.3, -0.25) is 0 Å². The summed E-state index contributed by atoms with van der Waals surface area (Å²) in [5.74, 6) is -0.388. The molecule has 0 aliphatic carbocycles. The van der Waals surface area contributed by atoms with Crippen molar-refractivity contribution in [1.82, 2.24) is 4.98 Å². The Balaban J connectivity index is 2.40. The second kappa shape index (κ2) is 4.50. The molecule has 1 aromatic heterocycles. The van der Waals surface area contributed by atoms with E-state index in [0.717, 1.165) is 11.3 Å². The summed E-state index contributed by atoms with van der Waals surface area (Å²) < 4.78 is 47.1. The third kappa shape index (κ3) is 2.50. The molecule has 17 heavy (non-hydrogen) atoms. The quantitative estimate of drug-likeness (QED) is 0.865. The third-order valence-corrected chi connectivity index (χ3v) is 4.63. The number of nitrogens with zero attached hydrogens (tertiary/aromatic N) is 1. The normalized spacial score (nSPS) is 11.6. The number of benzene rings is 1. The molecule has 0 amide bonds. The van der Waals surface area contributed by atoms with Gasteiger partial charge in [0.1, 0.15) is 5.82 Å². The van der Waals surface area contributed by atoms with Crippen LogP contribution in [0.1, 0.15) is 0 Å². The van der Waals surface area contributed by atoms with Crippen LogP contribution in [0.15, 0.2) is 34.0 Å². The van der Waals surface area contributed by atoms with E-state index in [-0.39, 0.29) is 10.2 Å². The monoisotopic (exact) mass is 275 g/mol. The smallest absolute Gasteiger partial charge is 0.233 e. The predicted molar refractivity (Wildman–Crippen MR) is 60.7 cm³/mol. The first-order valence-electron chi connectivity index (χ1n) is 4.53. The van der Waals surface area contributed by atoms with Gasteiger partial charge in [-0.1, -0.05) is 0 Å². The number of rotatable bonds is 3. The highest BCUT2D eigenvalue weighted by Crippen LogP contribution is 2.25. The number of hydrogen-bond acceptors (Lipinski definition) is 4. The van der Waals surface area contributed by atoms with E-state index in [2.05, 4.69) is 4.98 Å². The van der Waals surface area contributed by atoms with Gasteiger partial charge in [-0.05, 0) is 24.3 Å². The number of aromatic nitrogens is 1. The molecule has 0 unspecified atom stereocenters. The van der Waals surface area contributed by atoms with Crippen molar-refractivity contribution in [3.05, 3.63) is 35.5 Å². The molecule has 1 aromatic carbocycles. The molecule has 0 aliphatic heterocycles. The Morgan fingerprint density at radius 3 is 2.47 bits per heavy atom. The van der Waals surface area contributed by atoms with Crippen molar-refractivity contribution in [1.29, 1.82) is 0 Å². The number of halogens is 2. The van der Waals surface area contributed by atoms with Crippen LogP contribution in [0.4, 0.5) is 8.78 Å². The molecule has 0 bridgehead atoms. The van der Waals surface area contributed by atoms with Crippen molar-refractivity contribution in [2.24, 2.45) is 0 Å². The number of thiazole rings is 1. The minimum atomic E-state index is -3.93. The highest BCUT2D eigenvalue weighted by Gasteiger charge is 2.18. The summed E-state index contributed by atoms with van der Waals surface area (Å²) in [4.78, 5) is 3.82. The van der Waals surface area contributed by atoms with E-state index >= 15 is 0 Å². The highest BCUT2D eigenvalue weighted by molar-refractivity contribution is 7.93. The zero-order valence-electron chi connectivity index (χ0n) is 8.43. The van der Waals surface area contributed by atoms with Crippen LogP contribution in [0.25, 0.3) is 11.3 Å². The lowest BCUT2D eigenvalue weighted by Crippen LogP contribution is -2.01.